The molecule has 328 valence electrons. The van der Waals surface area contributed by atoms with Crippen LogP contribution < -0.4 is 27.4 Å². The number of aromatic nitrogens is 6. The number of nitrogens with two attached hydrogens (primary N) is 2. The molecule has 8 N–H and O–H groups in total. The Hall–Kier alpha value is -6.66. The zero-order valence-corrected chi connectivity index (χ0v) is 36.3. The van der Waals surface area contributed by atoms with Gasteiger partial charge in [-0.2, -0.15) is 10.2 Å². The first-order valence-corrected chi connectivity index (χ1v) is 20.6. The summed E-state index contributed by atoms with van der Waals surface area (Å²) in [6.45, 7) is 1.95. The number of fused-ring (bicyclic) bond motifs is 2. The quantitative estimate of drug-likeness (QED) is 0.107. The second-order valence-corrected chi connectivity index (χ2v) is 15.2. The van der Waals surface area contributed by atoms with Crippen molar-refractivity contribution >= 4 is 101 Å². The summed E-state index contributed by atoms with van der Waals surface area (Å²) < 4.78 is 14.6. The number of pyridine rings is 2. The van der Waals surface area contributed by atoms with Crippen LogP contribution in [-0.2, 0) is 41.7 Å². The Morgan fingerprint density at radius 1 is 0.698 bits per heavy atom. The first-order chi connectivity index (χ1) is 30.3. The summed E-state index contributed by atoms with van der Waals surface area (Å²) in [7, 11) is 0. The molecular weight excluding hydrogens is 952 g/mol. The fourth-order valence-corrected chi connectivity index (χ4v) is 7.13. The summed E-state index contributed by atoms with van der Waals surface area (Å²) in [4.78, 5) is 80.9. The van der Waals surface area contributed by atoms with Crippen LogP contribution in [0, 0.1) is 0 Å². The normalized spacial score (nSPS) is 15.9. The van der Waals surface area contributed by atoms with E-state index >= 15 is 0 Å². The van der Waals surface area contributed by atoms with Crippen LogP contribution >= 0.6 is 31.9 Å². The van der Waals surface area contributed by atoms with E-state index in [4.69, 9.17) is 26.0 Å². The number of carbonyl (C=O) groups excluding carboxylic acids is 5. The number of nitrogens with one attached hydrogen (secondary N) is 3. The fraction of sp³-hybridized carbons (Fsp3) is 0.250. The number of ether oxygens (including phenoxy) is 2. The SMILES string of the molecule is NC(=O)c1nn(CC(=O)N2CCOC[C@H]2C(=O)Nc2cccc(Br)n2)c2ccccc12.NC(=O)c1nn(CC(=O)O)c2ccccc12.O=C(Nc1cccc(Br)n1)[C@@H]1COCCN1. The second kappa shape index (κ2) is 21.4. The van der Waals surface area contributed by atoms with Crippen molar-refractivity contribution in [3.8, 4) is 0 Å². The number of anilines is 2. The van der Waals surface area contributed by atoms with Crippen LogP contribution in [0.5, 0.6) is 0 Å². The van der Waals surface area contributed by atoms with E-state index in [-0.39, 0.29) is 55.5 Å². The number of aliphatic carboxylic acids is 1. The minimum absolute atomic E-state index is 0.0674. The van der Waals surface area contributed by atoms with Gasteiger partial charge in [0.1, 0.15) is 46.0 Å². The lowest BCUT2D eigenvalue weighted by atomic mass is 10.2. The number of morpholine rings is 2. The average Bonchev–Trinajstić information content (AvgIpc) is 3.83. The number of amides is 5. The molecule has 2 fully saturated rings. The standard InChI is InChI=1S/C20H19BrN6O4.C10H12BrN3O2.C10H9N3O3/c21-15-6-3-7-16(23-15)24-20(30)14-11-31-9-8-26(14)17(28)10-27-13-5-2-1-4-12(13)18(25-27)19(22)29;11-8-2-1-3-9(13-8)14-10(15)7-6-16-5-4-12-7;11-10(16)9-6-3-1-2-4-7(6)13(12-9)5-8(14)15/h1-7,14H,8-11H2,(H2,22,29)(H,23,24,30);1-3,7,12H,4-6H2,(H,13,14,15);1-4H,5H2,(H2,11,16)(H,14,15)/t14-;7-;/m00./s1. The van der Waals surface area contributed by atoms with E-state index in [0.29, 0.717) is 69.0 Å². The molecule has 63 heavy (non-hydrogen) atoms. The molecule has 5 amide bonds. The molecule has 2 aromatic carbocycles. The lowest BCUT2D eigenvalue weighted by Gasteiger charge is -2.34. The van der Waals surface area contributed by atoms with Crippen molar-refractivity contribution in [3.63, 3.8) is 0 Å². The summed E-state index contributed by atoms with van der Waals surface area (Å²) in [5.74, 6) is -2.31. The van der Waals surface area contributed by atoms with Gasteiger partial charge in [-0.1, -0.05) is 48.5 Å². The molecule has 0 saturated carbocycles. The fourth-order valence-electron chi connectivity index (χ4n) is 6.44. The van der Waals surface area contributed by atoms with Gasteiger partial charge in [-0.15, -0.1) is 0 Å². The molecule has 6 heterocycles. The number of carboxylic acids is 1. The van der Waals surface area contributed by atoms with Crippen LogP contribution in [0.4, 0.5) is 11.6 Å². The van der Waals surface area contributed by atoms with Crippen molar-refractivity contribution in [1.82, 2.24) is 39.7 Å². The molecule has 0 unspecified atom stereocenters. The van der Waals surface area contributed by atoms with Crippen LogP contribution in [-0.4, -0.2) is 127 Å². The molecule has 21 nitrogen and oxygen atoms in total. The van der Waals surface area contributed by atoms with E-state index in [0.717, 1.165) is 0 Å². The van der Waals surface area contributed by atoms with Gasteiger partial charge in [0, 0.05) is 23.9 Å². The van der Waals surface area contributed by atoms with Crippen LogP contribution in [0.25, 0.3) is 21.8 Å². The second-order valence-electron chi connectivity index (χ2n) is 13.6. The van der Waals surface area contributed by atoms with Gasteiger partial charge in [0.25, 0.3) is 17.7 Å². The molecule has 6 aromatic rings. The number of halogens is 2. The molecule has 0 spiro atoms. The third-order valence-electron chi connectivity index (χ3n) is 9.28. The topological polar surface area (TPSA) is 294 Å². The van der Waals surface area contributed by atoms with Crippen molar-refractivity contribution in [1.29, 1.82) is 0 Å². The highest BCUT2D eigenvalue weighted by Gasteiger charge is 2.34. The Bertz CT molecular complexity index is 2650. The lowest BCUT2D eigenvalue weighted by Crippen LogP contribution is -2.55. The number of carbonyl (C=O) groups is 6. The van der Waals surface area contributed by atoms with E-state index in [1.165, 1.54) is 14.3 Å². The minimum atomic E-state index is -1.02. The van der Waals surface area contributed by atoms with Crippen molar-refractivity contribution in [2.45, 2.75) is 25.2 Å². The van der Waals surface area contributed by atoms with Crippen LogP contribution in [0.15, 0.2) is 94.1 Å². The molecule has 0 aliphatic carbocycles. The lowest BCUT2D eigenvalue weighted by molar-refractivity contribution is -0.147. The van der Waals surface area contributed by atoms with Crippen LogP contribution in [0.1, 0.15) is 21.0 Å². The Balaban J connectivity index is 0.000000173. The predicted molar refractivity (Wildman–Crippen MR) is 234 cm³/mol. The summed E-state index contributed by atoms with van der Waals surface area (Å²) in [5, 5.41) is 26.5. The summed E-state index contributed by atoms with van der Waals surface area (Å²) in [6.07, 6.45) is 0. The molecule has 2 aliphatic rings. The maximum absolute atomic E-state index is 13.1. The molecule has 8 rings (SSSR count). The first kappa shape index (κ1) is 45.9. The number of para-hydroxylation sites is 2. The maximum Gasteiger partial charge on any atom is 0.325 e. The smallest absolute Gasteiger partial charge is 0.325 e. The largest absolute Gasteiger partial charge is 0.480 e. The van der Waals surface area contributed by atoms with Gasteiger partial charge in [0.2, 0.25) is 11.8 Å². The molecule has 4 aromatic heterocycles. The highest BCUT2D eigenvalue weighted by molar-refractivity contribution is 9.10. The number of nitrogens with zero attached hydrogens (tertiary/aromatic N) is 7. The van der Waals surface area contributed by atoms with Gasteiger partial charge < -0.3 is 46.9 Å². The minimum Gasteiger partial charge on any atom is -0.480 e. The molecule has 23 heteroatoms. The van der Waals surface area contributed by atoms with Gasteiger partial charge >= 0.3 is 5.97 Å². The number of rotatable bonds is 10. The molecule has 2 aliphatic heterocycles. The van der Waals surface area contributed by atoms with Crippen LogP contribution in [0.3, 0.4) is 0 Å². The number of carboxylic acid groups (broad SMARTS) is 1. The number of hydrogen-bond donors (Lipinski definition) is 6. The Kier molecular flexibility index (Phi) is 15.6. The summed E-state index contributed by atoms with van der Waals surface area (Å²) in [5.41, 5.74) is 12.0. The molecule has 2 atom stereocenters. The van der Waals surface area contributed by atoms with Crippen molar-refractivity contribution in [2.75, 3.05) is 50.2 Å². The van der Waals surface area contributed by atoms with Gasteiger partial charge in [-0.05, 0) is 68.3 Å². The Morgan fingerprint density at radius 3 is 1.73 bits per heavy atom. The average molecular weight is 993 g/mol. The zero-order chi connectivity index (χ0) is 45.0. The van der Waals surface area contributed by atoms with Crippen molar-refractivity contribution < 1.29 is 43.3 Å². The van der Waals surface area contributed by atoms with Crippen molar-refractivity contribution in [2.24, 2.45) is 11.5 Å². The first-order valence-electron chi connectivity index (χ1n) is 19.1. The van der Waals surface area contributed by atoms with E-state index < -0.39 is 29.7 Å². The third kappa shape index (κ3) is 12.0. The van der Waals surface area contributed by atoms with Gasteiger partial charge in [-0.3, -0.25) is 38.1 Å². The van der Waals surface area contributed by atoms with Gasteiger partial charge in [0.05, 0.1) is 37.5 Å². The predicted octanol–water partition coefficient (Wildman–Crippen LogP) is 2.15. The van der Waals surface area contributed by atoms with E-state index in [1.54, 1.807) is 78.9 Å². The van der Waals surface area contributed by atoms with E-state index in [1.807, 2.05) is 6.07 Å². The highest BCUT2D eigenvalue weighted by atomic mass is 79.9. The monoisotopic (exact) mass is 990 g/mol. The van der Waals surface area contributed by atoms with Crippen molar-refractivity contribution in [3.05, 3.63) is 106 Å². The Morgan fingerprint density at radius 2 is 1.22 bits per heavy atom. The molecular formula is C40H40Br2N12O9. The van der Waals surface area contributed by atoms with Gasteiger partial charge in [0.15, 0.2) is 11.4 Å². The highest BCUT2D eigenvalue weighted by Crippen LogP contribution is 2.21. The summed E-state index contributed by atoms with van der Waals surface area (Å²) in [6, 6.07) is 23.3. The van der Waals surface area contributed by atoms with E-state index in [9.17, 15) is 28.8 Å². The maximum atomic E-state index is 13.1. The number of primary amides is 2. The Labute approximate surface area is 374 Å². The van der Waals surface area contributed by atoms with Gasteiger partial charge in [-0.25, -0.2) is 9.97 Å². The number of hydrogen-bond acceptors (Lipinski definition) is 13. The van der Waals surface area contributed by atoms with E-state index in [2.05, 4.69) is 68.0 Å². The van der Waals surface area contributed by atoms with Crippen LogP contribution in [0.2, 0.25) is 0 Å². The third-order valence-corrected chi connectivity index (χ3v) is 10.2. The number of benzene rings is 2. The molecule has 0 radical (unpaired) electrons. The molecule has 2 saturated heterocycles. The molecule has 0 bridgehead atoms. The zero-order valence-electron chi connectivity index (χ0n) is 33.1. The summed E-state index contributed by atoms with van der Waals surface area (Å²) >= 11 is 6.50.